The molecule has 11 heteroatoms. The van der Waals surface area contributed by atoms with Gasteiger partial charge in [-0.25, -0.2) is 22.3 Å². The van der Waals surface area contributed by atoms with Crippen LogP contribution >= 0.6 is 11.6 Å². The number of hydrogen-bond donors (Lipinski definition) is 4. The summed E-state index contributed by atoms with van der Waals surface area (Å²) in [7, 11) is -3.69. The van der Waals surface area contributed by atoms with E-state index in [1.807, 2.05) is 0 Å². The van der Waals surface area contributed by atoms with Gasteiger partial charge in [0.15, 0.2) is 0 Å². The van der Waals surface area contributed by atoms with Crippen molar-refractivity contribution in [2.24, 2.45) is 0 Å². The standard InChI is InChI=1S/C21H25ClFN3O5S/c22-14-2-1-3-18(12-14)32(29,30)24-11-10-17-8-9-19(20(13-27)31-17)26-21(28)25-16-6-4-15(23)5-7-16/h1-7,12,17,19-20,24,27H,8-11,13H2,(H2,25,26,28)/t17-,19+,20+/m0/s1. The number of aliphatic hydroxyl groups excluding tert-OH is 1. The molecule has 1 heterocycles. The van der Waals surface area contributed by atoms with Crippen LogP contribution in [-0.4, -0.2) is 51.0 Å². The zero-order valence-electron chi connectivity index (χ0n) is 17.1. The van der Waals surface area contributed by atoms with Crippen LogP contribution in [0.3, 0.4) is 0 Å². The molecule has 1 aliphatic rings. The molecule has 0 saturated carbocycles. The number of carbonyl (C=O) groups is 1. The van der Waals surface area contributed by atoms with Gasteiger partial charge in [-0.15, -0.1) is 0 Å². The Kier molecular flexibility index (Phi) is 8.44. The minimum atomic E-state index is -3.69. The minimum absolute atomic E-state index is 0.0826. The Hall–Kier alpha value is -2.24. The third-order valence-electron chi connectivity index (χ3n) is 5.08. The molecule has 0 unspecified atom stereocenters. The average molecular weight is 486 g/mol. The summed E-state index contributed by atoms with van der Waals surface area (Å²) in [5.41, 5.74) is 0.436. The molecule has 0 aliphatic carbocycles. The highest BCUT2D eigenvalue weighted by atomic mass is 35.5. The van der Waals surface area contributed by atoms with E-state index in [9.17, 15) is 22.7 Å². The van der Waals surface area contributed by atoms with E-state index in [2.05, 4.69) is 15.4 Å². The Morgan fingerprint density at radius 2 is 1.94 bits per heavy atom. The minimum Gasteiger partial charge on any atom is -0.394 e. The van der Waals surface area contributed by atoms with Crippen molar-refractivity contribution in [1.82, 2.24) is 10.0 Å². The third kappa shape index (κ3) is 6.88. The lowest BCUT2D eigenvalue weighted by atomic mass is 9.97. The van der Waals surface area contributed by atoms with E-state index in [4.69, 9.17) is 16.3 Å². The van der Waals surface area contributed by atoms with Gasteiger partial charge >= 0.3 is 6.03 Å². The van der Waals surface area contributed by atoms with E-state index in [1.165, 1.54) is 36.4 Å². The first-order valence-corrected chi connectivity index (χ1v) is 12.0. The first-order chi connectivity index (χ1) is 15.3. The van der Waals surface area contributed by atoms with Gasteiger partial charge in [-0.2, -0.15) is 0 Å². The molecule has 4 N–H and O–H groups in total. The van der Waals surface area contributed by atoms with Crippen LogP contribution in [0, 0.1) is 5.82 Å². The number of urea groups is 1. The molecule has 2 aromatic rings. The maximum absolute atomic E-state index is 13.0. The van der Waals surface area contributed by atoms with Crippen LogP contribution in [0.1, 0.15) is 19.3 Å². The summed E-state index contributed by atoms with van der Waals surface area (Å²) in [5.74, 6) is -0.405. The first-order valence-electron chi connectivity index (χ1n) is 10.1. The van der Waals surface area contributed by atoms with Gasteiger partial charge in [-0.3, -0.25) is 0 Å². The quantitative estimate of drug-likeness (QED) is 0.458. The zero-order valence-corrected chi connectivity index (χ0v) is 18.7. The zero-order chi connectivity index (χ0) is 23.1. The molecular formula is C21H25ClFN3O5S. The number of anilines is 1. The van der Waals surface area contributed by atoms with Gasteiger partial charge < -0.3 is 20.5 Å². The summed E-state index contributed by atoms with van der Waals surface area (Å²) in [4.78, 5) is 12.3. The predicted molar refractivity (Wildman–Crippen MR) is 119 cm³/mol. The van der Waals surface area contributed by atoms with E-state index in [-0.39, 0.29) is 24.2 Å². The summed E-state index contributed by atoms with van der Waals surface area (Å²) < 4.78 is 46.1. The number of halogens is 2. The van der Waals surface area contributed by atoms with Crippen molar-refractivity contribution in [2.45, 2.75) is 42.4 Å². The monoisotopic (exact) mass is 485 g/mol. The number of nitrogens with one attached hydrogen (secondary N) is 3. The average Bonchev–Trinajstić information content (AvgIpc) is 2.76. The lowest BCUT2D eigenvalue weighted by Crippen LogP contribution is -2.52. The van der Waals surface area contributed by atoms with Crippen molar-refractivity contribution >= 4 is 33.3 Å². The van der Waals surface area contributed by atoms with Crippen molar-refractivity contribution < 1.29 is 27.4 Å². The van der Waals surface area contributed by atoms with Crippen molar-refractivity contribution in [3.05, 3.63) is 59.4 Å². The Labute approximate surface area is 191 Å². The van der Waals surface area contributed by atoms with Crippen LogP contribution in [0.4, 0.5) is 14.9 Å². The molecule has 8 nitrogen and oxygen atoms in total. The van der Waals surface area contributed by atoms with Gasteiger partial charge in [0.25, 0.3) is 0 Å². The van der Waals surface area contributed by atoms with Crippen LogP contribution in [-0.2, 0) is 14.8 Å². The van der Waals surface area contributed by atoms with Gasteiger partial charge in [0.1, 0.15) is 11.9 Å². The summed E-state index contributed by atoms with van der Waals surface area (Å²) >= 11 is 5.85. The molecule has 1 fully saturated rings. The predicted octanol–water partition coefficient (Wildman–Crippen LogP) is 2.88. The molecule has 2 aromatic carbocycles. The van der Waals surface area contributed by atoms with Gasteiger partial charge in [0.05, 0.1) is 23.6 Å². The molecule has 32 heavy (non-hydrogen) atoms. The highest BCUT2D eigenvalue weighted by Crippen LogP contribution is 2.22. The second kappa shape index (κ2) is 11.1. The van der Waals surface area contributed by atoms with E-state index in [1.54, 1.807) is 12.1 Å². The topological polar surface area (TPSA) is 117 Å². The smallest absolute Gasteiger partial charge is 0.319 e. The van der Waals surface area contributed by atoms with Crippen LogP contribution in [0.5, 0.6) is 0 Å². The lowest BCUT2D eigenvalue weighted by molar-refractivity contribution is -0.0884. The van der Waals surface area contributed by atoms with Crippen molar-refractivity contribution in [3.63, 3.8) is 0 Å². The molecule has 3 rings (SSSR count). The highest BCUT2D eigenvalue weighted by Gasteiger charge is 2.32. The SMILES string of the molecule is O=C(Nc1ccc(F)cc1)N[C@@H]1CC[C@@H](CCNS(=O)(=O)c2cccc(Cl)c2)O[C@@H]1CO. The fourth-order valence-corrected chi connectivity index (χ4v) is 4.80. The third-order valence-corrected chi connectivity index (χ3v) is 6.77. The molecule has 0 bridgehead atoms. The molecular weight excluding hydrogens is 461 g/mol. The van der Waals surface area contributed by atoms with Crippen LogP contribution in [0.25, 0.3) is 0 Å². The number of hydrogen-bond acceptors (Lipinski definition) is 5. The molecule has 1 aliphatic heterocycles. The second-order valence-corrected chi connectivity index (χ2v) is 9.62. The number of carbonyl (C=O) groups excluding carboxylic acids is 1. The lowest BCUT2D eigenvalue weighted by Gasteiger charge is -2.36. The molecule has 2 amide bonds. The number of amides is 2. The number of benzene rings is 2. The maximum atomic E-state index is 13.0. The van der Waals surface area contributed by atoms with Gasteiger partial charge in [-0.1, -0.05) is 17.7 Å². The summed E-state index contributed by atoms with van der Waals surface area (Å²) in [5, 5.41) is 15.4. The molecule has 3 atom stereocenters. The summed E-state index contributed by atoms with van der Waals surface area (Å²) in [6, 6.07) is 10.4. The van der Waals surface area contributed by atoms with E-state index >= 15 is 0 Å². The summed E-state index contributed by atoms with van der Waals surface area (Å²) in [6.45, 7) is -0.146. The number of ether oxygens (including phenoxy) is 1. The van der Waals surface area contributed by atoms with E-state index < -0.39 is 34.0 Å². The molecule has 0 spiro atoms. The van der Waals surface area contributed by atoms with Crippen LogP contribution in [0.2, 0.25) is 5.02 Å². The van der Waals surface area contributed by atoms with E-state index in [0.29, 0.717) is 30.0 Å². The normalized spacial score (nSPS) is 21.2. The molecule has 174 valence electrons. The Bertz CT molecular complexity index is 1020. The fraction of sp³-hybridized carbons (Fsp3) is 0.381. The number of rotatable bonds is 8. The Morgan fingerprint density at radius 3 is 2.62 bits per heavy atom. The largest absolute Gasteiger partial charge is 0.394 e. The molecule has 1 saturated heterocycles. The molecule has 0 aromatic heterocycles. The van der Waals surface area contributed by atoms with Gasteiger partial charge in [-0.05, 0) is 61.7 Å². The highest BCUT2D eigenvalue weighted by molar-refractivity contribution is 7.89. The number of sulfonamides is 1. The first kappa shape index (κ1) is 24.4. The second-order valence-electron chi connectivity index (χ2n) is 7.41. The van der Waals surface area contributed by atoms with Gasteiger partial charge in [0, 0.05) is 17.3 Å². The maximum Gasteiger partial charge on any atom is 0.319 e. The van der Waals surface area contributed by atoms with Crippen molar-refractivity contribution in [1.29, 1.82) is 0 Å². The molecule has 0 radical (unpaired) electrons. The Balaban J connectivity index is 1.46. The Morgan fingerprint density at radius 1 is 1.19 bits per heavy atom. The van der Waals surface area contributed by atoms with E-state index in [0.717, 1.165) is 0 Å². The number of aliphatic hydroxyl groups is 1. The van der Waals surface area contributed by atoms with Gasteiger partial charge in [0.2, 0.25) is 10.0 Å². The fourth-order valence-electron chi connectivity index (χ4n) is 3.45. The van der Waals surface area contributed by atoms with Crippen LogP contribution in [0.15, 0.2) is 53.4 Å². The van der Waals surface area contributed by atoms with Crippen molar-refractivity contribution in [2.75, 3.05) is 18.5 Å². The summed E-state index contributed by atoms with van der Waals surface area (Å²) in [6.07, 6.45) is 0.639. The van der Waals surface area contributed by atoms with Crippen LogP contribution < -0.4 is 15.4 Å². The van der Waals surface area contributed by atoms with Crippen molar-refractivity contribution in [3.8, 4) is 0 Å².